The summed E-state index contributed by atoms with van der Waals surface area (Å²) >= 11 is 0. The highest BCUT2D eigenvalue weighted by Crippen LogP contribution is 2.45. The van der Waals surface area contributed by atoms with Crippen LogP contribution in [0.3, 0.4) is 0 Å². The van der Waals surface area contributed by atoms with Gasteiger partial charge in [0, 0.05) is 88.2 Å². The number of benzene rings is 15. The first-order valence-corrected chi connectivity index (χ1v) is 37.7. The average molecular weight is 1430 g/mol. The van der Waals surface area contributed by atoms with E-state index >= 15 is 0 Å². The van der Waals surface area contributed by atoms with Gasteiger partial charge in [-0.15, -0.1) is 0 Å². The van der Waals surface area contributed by atoms with Gasteiger partial charge in [-0.05, 0) is 100 Å². The van der Waals surface area contributed by atoms with Crippen LogP contribution >= 0.6 is 0 Å². The lowest BCUT2D eigenvalue weighted by molar-refractivity contribution is 1.07. The number of para-hydroxylation sites is 6. The van der Waals surface area contributed by atoms with Crippen LogP contribution in [0.1, 0.15) is 0 Å². The second-order valence-electron chi connectivity index (χ2n) is 27.9. The lowest BCUT2D eigenvalue weighted by Crippen LogP contribution is -2.01. The predicted molar refractivity (Wildman–Crippen MR) is 461 cm³/mol. The normalized spacial score (nSPS) is 11.4. The maximum absolute atomic E-state index is 5.41. The zero-order valence-corrected chi connectivity index (χ0v) is 60.7. The first kappa shape index (κ1) is 66.3. The maximum Gasteiger partial charge on any atom is 0.164 e. The number of hydrogen-bond donors (Lipinski definition) is 0. The molecule has 0 saturated heterocycles. The number of pyridine rings is 2. The minimum absolute atomic E-state index is 0.590. The van der Waals surface area contributed by atoms with Gasteiger partial charge in [0.1, 0.15) is 0 Å². The van der Waals surface area contributed by atoms with Crippen LogP contribution in [0.4, 0.5) is 0 Å². The molecule has 6 aromatic heterocycles. The fraction of sp³-hybridized carbons (Fsp3) is 0. The van der Waals surface area contributed by atoms with E-state index in [0.29, 0.717) is 23.3 Å². The van der Waals surface area contributed by atoms with Crippen molar-refractivity contribution in [1.82, 2.24) is 44.0 Å². The molecule has 524 valence electrons. The Bertz CT molecular complexity index is 6950. The molecule has 6 heterocycles. The summed E-state index contributed by atoms with van der Waals surface area (Å²) in [5, 5.41) is 7.01. The molecular weight excluding hydrogens is 1360 g/mol. The first-order valence-electron chi connectivity index (χ1n) is 37.7. The highest BCUT2D eigenvalue weighted by molar-refractivity contribution is 6.25. The van der Waals surface area contributed by atoms with Crippen LogP contribution in [-0.2, 0) is 0 Å². The SMILES string of the molecule is c1ccc(-c2ccc(-c3cc(-c4ccccc4)nc(-c4cccc(-c5nc6ccccc6c6c7ccccc7n(-c7ccccc7)c56)c4)n3)cc2)cc1.c1ccc(-c2ccc(-c3nc(-c4ccc(-c5ccccc5)cc4)nc(-c4cccc(-c5nc6ccccc6c6c7ccccc7n(-c7ccccc7)c56)c4)n3)cc2)cc1. The Morgan fingerprint density at radius 2 is 0.438 bits per heavy atom. The van der Waals surface area contributed by atoms with Crippen molar-refractivity contribution in [3.63, 3.8) is 0 Å². The van der Waals surface area contributed by atoms with Crippen LogP contribution in [0, 0.1) is 0 Å². The van der Waals surface area contributed by atoms with Crippen molar-refractivity contribution in [3.8, 4) is 135 Å². The molecule has 15 aromatic carbocycles. The number of hydrogen-bond acceptors (Lipinski definition) is 7. The molecule has 0 saturated carbocycles. The zero-order valence-electron chi connectivity index (χ0n) is 60.7. The van der Waals surface area contributed by atoms with Gasteiger partial charge in [-0.1, -0.05) is 340 Å². The molecule has 112 heavy (non-hydrogen) atoms. The molecule has 0 aliphatic carbocycles. The molecule has 0 fully saturated rings. The molecule has 0 aliphatic heterocycles. The topological polar surface area (TPSA) is 100 Å². The van der Waals surface area contributed by atoms with Gasteiger partial charge in [0.15, 0.2) is 23.3 Å². The summed E-state index contributed by atoms with van der Waals surface area (Å²) in [4.78, 5) is 36.6. The van der Waals surface area contributed by atoms with Gasteiger partial charge in [0.2, 0.25) is 0 Å². The van der Waals surface area contributed by atoms with E-state index in [-0.39, 0.29) is 0 Å². The van der Waals surface area contributed by atoms with Crippen molar-refractivity contribution in [3.05, 3.63) is 406 Å². The van der Waals surface area contributed by atoms with Crippen molar-refractivity contribution < 1.29 is 0 Å². The molecular formula is C103H67N9. The van der Waals surface area contributed by atoms with Gasteiger partial charge in [0.25, 0.3) is 0 Å². The summed E-state index contributed by atoms with van der Waals surface area (Å²) in [6.07, 6.45) is 0. The van der Waals surface area contributed by atoms with Gasteiger partial charge in [-0.3, -0.25) is 0 Å². The lowest BCUT2D eigenvalue weighted by atomic mass is 10.0. The second kappa shape index (κ2) is 28.8. The quantitative estimate of drug-likeness (QED) is 0.113. The van der Waals surface area contributed by atoms with E-state index in [1.165, 1.54) is 32.7 Å². The van der Waals surface area contributed by atoms with Crippen LogP contribution < -0.4 is 0 Å². The van der Waals surface area contributed by atoms with E-state index in [1.807, 2.05) is 24.3 Å². The fourth-order valence-electron chi connectivity index (χ4n) is 15.7. The zero-order chi connectivity index (χ0) is 74.3. The minimum atomic E-state index is 0.590. The van der Waals surface area contributed by atoms with Gasteiger partial charge < -0.3 is 9.13 Å². The standard InChI is InChI=1S/C54H35N5.C49H32N4/c1-4-15-36(16-5-1)38-27-31-40(32-28-38)52-56-53(41-33-29-39(30-34-41)37-17-6-2-7-18-37)58-54(57-52)43-20-14-19-42(35-43)50-51-49(45-23-10-12-25-47(45)55-50)46-24-11-13-26-48(46)59(51)44-21-8-3-9-22-44;1-4-15-33(16-5-1)34-27-29-36(30-28-34)44-32-43(35-17-6-2-7-18-35)51-49(52-44)38-20-14-19-37(31-38)47-48-46(40-23-10-12-25-42(40)50-47)41-24-11-13-26-45(41)53(48)39-21-8-3-9-22-39/h1-35H;1-32H. The Morgan fingerprint density at radius 1 is 0.170 bits per heavy atom. The minimum Gasteiger partial charge on any atom is -0.307 e. The smallest absolute Gasteiger partial charge is 0.164 e. The molecule has 9 nitrogen and oxygen atoms in total. The molecule has 0 unspecified atom stereocenters. The molecule has 21 rings (SSSR count). The molecule has 9 heteroatoms. The van der Waals surface area contributed by atoms with Crippen LogP contribution in [0.2, 0.25) is 0 Å². The molecule has 0 amide bonds. The fourth-order valence-corrected chi connectivity index (χ4v) is 15.7. The van der Waals surface area contributed by atoms with Crippen LogP contribution in [0.15, 0.2) is 406 Å². The summed E-state index contributed by atoms with van der Waals surface area (Å²) in [6, 6.07) is 142. The highest BCUT2D eigenvalue weighted by atomic mass is 15.0. The third kappa shape index (κ3) is 12.5. The summed E-state index contributed by atoms with van der Waals surface area (Å²) < 4.78 is 4.71. The summed E-state index contributed by atoms with van der Waals surface area (Å²) in [5.74, 6) is 2.47. The highest BCUT2D eigenvalue weighted by Gasteiger charge is 2.25. The number of aromatic nitrogens is 9. The van der Waals surface area contributed by atoms with E-state index in [4.69, 9.17) is 34.9 Å². The number of nitrogens with zero attached hydrogens (tertiary/aromatic N) is 9. The Balaban J connectivity index is 0.000000147. The second-order valence-corrected chi connectivity index (χ2v) is 27.9. The molecule has 0 atom stereocenters. The summed E-state index contributed by atoms with van der Waals surface area (Å²) in [5.41, 5.74) is 26.7. The van der Waals surface area contributed by atoms with E-state index in [1.54, 1.807) is 0 Å². The van der Waals surface area contributed by atoms with Gasteiger partial charge in [-0.2, -0.15) is 0 Å². The first-order chi connectivity index (χ1) is 55.5. The lowest BCUT2D eigenvalue weighted by Gasteiger charge is -2.14. The molecule has 0 N–H and O–H groups in total. The van der Waals surface area contributed by atoms with Crippen molar-refractivity contribution >= 4 is 65.4 Å². The van der Waals surface area contributed by atoms with Crippen molar-refractivity contribution in [2.24, 2.45) is 0 Å². The Hall–Kier alpha value is -15.2. The van der Waals surface area contributed by atoms with E-state index < -0.39 is 0 Å². The molecule has 0 radical (unpaired) electrons. The third-order valence-corrected chi connectivity index (χ3v) is 21.0. The van der Waals surface area contributed by atoms with Gasteiger partial charge in [0.05, 0.1) is 55.9 Å². The van der Waals surface area contributed by atoms with Crippen molar-refractivity contribution in [2.45, 2.75) is 0 Å². The Kier molecular flexibility index (Phi) is 17.1. The van der Waals surface area contributed by atoms with Crippen LogP contribution in [-0.4, -0.2) is 44.0 Å². The monoisotopic (exact) mass is 1430 g/mol. The van der Waals surface area contributed by atoms with E-state index in [2.05, 4.69) is 391 Å². The maximum atomic E-state index is 5.41. The van der Waals surface area contributed by atoms with E-state index in [0.717, 1.165) is 145 Å². The molecule has 0 bridgehead atoms. The Morgan fingerprint density at radius 3 is 0.830 bits per heavy atom. The number of fused-ring (bicyclic) bond motifs is 10. The third-order valence-electron chi connectivity index (χ3n) is 21.0. The summed E-state index contributed by atoms with van der Waals surface area (Å²) in [7, 11) is 0. The molecule has 0 spiro atoms. The van der Waals surface area contributed by atoms with E-state index in [9.17, 15) is 0 Å². The van der Waals surface area contributed by atoms with Crippen LogP contribution in [0.25, 0.3) is 201 Å². The largest absolute Gasteiger partial charge is 0.307 e. The van der Waals surface area contributed by atoms with Crippen LogP contribution in [0.5, 0.6) is 0 Å². The van der Waals surface area contributed by atoms with Gasteiger partial charge in [-0.25, -0.2) is 34.9 Å². The molecule has 0 aliphatic rings. The number of rotatable bonds is 13. The van der Waals surface area contributed by atoms with Gasteiger partial charge >= 0.3 is 0 Å². The average Bonchev–Trinajstić information content (AvgIpc) is 1.56. The Labute approximate surface area is 647 Å². The summed E-state index contributed by atoms with van der Waals surface area (Å²) in [6.45, 7) is 0. The van der Waals surface area contributed by atoms with Crippen molar-refractivity contribution in [2.75, 3.05) is 0 Å². The van der Waals surface area contributed by atoms with Crippen molar-refractivity contribution in [1.29, 1.82) is 0 Å². The molecule has 21 aromatic rings. The predicted octanol–water partition coefficient (Wildman–Crippen LogP) is 26.0.